The Morgan fingerprint density at radius 1 is 1.33 bits per heavy atom. The van der Waals surface area contributed by atoms with Gasteiger partial charge in [0.2, 0.25) is 5.91 Å². The Bertz CT molecular complexity index is 1060. The van der Waals surface area contributed by atoms with E-state index in [1.807, 2.05) is 0 Å². The van der Waals surface area contributed by atoms with Gasteiger partial charge in [0.1, 0.15) is 6.04 Å². The quantitative estimate of drug-likeness (QED) is 0.181. The van der Waals surface area contributed by atoms with Gasteiger partial charge in [-0.2, -0.15) is 0 Å². The number of alkyl halides is 1. The Labute approximate surface area is 229 Å². The lowest BCUT2D eigenvalue weighted by molar-refractivity contribution is -0.154. The fourth-order valence-corrected chi connectivity index (χ4v) is 9.61. The van der Waals surface area contributed by atoms with E-state index in [2.05, 4.69) is 29.1 Å². The molecule has 1 spiro atoms. The van der Waals surface area contributed by atoms with Crippen molar-refractivity contribution in [1.82, 2.24) is 4.90 Å². The first-order valence-corrected chi connectivity index (χ1v) is 14.2. The molecule has 0 saturated carbocycles. The predicted octanol–water partition coefficient (Wildman–Crippen LogP) is 3.83. The number of nitrogens with zero attached hydrogens (tertiary/aromatic N) is 2. The average molecular weight is 598 g/mol. The third kappa shape index (κ3) is 4.52. The summed E-state index contributed by atoms with van der Waals surface area (Å²) >= 11 is 11.7. The molecule has 3 fully saturated rings. The van der Waals surface area contributed by atoms with Gasteiger partial charge in [-0.25, -0.2) is 0 Å². The SMILES string of the molecule is C=CCCCOC(=O)[C@H]1[C@@H]2SC3(CC2Br)C(C(=O)N(CC=C)c2ccccc2Cl)N(CCO)C(=O)[C@H]13. The summed E-state index contributed by atoms with van der Waals surface area (Å²) in [4.78, 5) is 44.2. The molecule has 0 aliphatic carbocycles. The van der Waals surface area contributed by atoms with Crippen molar-refractivity contribution in [2.45, 2.75) is 40.1 Å². The summed E-state index contributed by atoms with van der Waals surface area (Å²) in [7, 11) is 0. The number of β-amino-alcohol motifs (C(OH)–C–C–N with tert-alkyl or cyclic N) is 1. The first kappa shape index (κ1) is 27.2. The highest BCUT2D eigenvalue weighted by Gasteiger charge is 2.76. The highest BCUT2D eigenvalue weighted by Crippen LogP contribution is 2.68. The lowest BCUT2D eigenvalue weighted by Crippen LogP contribution is -2.56. The summed E-state index contributed by atoms with van der Waals surface area (Å²) < 4.78 is 4.75. The van der Waals surface area contributed by atoms with Crippen molar-refractivity contribution in [2.75, 3.05) is 31.2 Å². The van der Waals surface area contributed by atoms with Gasteiger partial charge in [0.15, 0.2) is 0 Å². The number of carbonyl (C=O) groups excluding carboxylic acids is 3. The number of esters is 1. The predicted molar refractivity (Wildman–Crippen MR) is 145 cm³/mol. The molecule has 6 atom stereocenters. The Hall–Kier alpha value is -1.81. The molecule has 2 bridgehead atoms. The number of aliphatic hydroxyl groups excluding tert-OH is 1. The van der Waals surface area contributed by atoms with E-state index in [1.165, 1.54) is 21.6 Å². The minimum Gasteiger partial charge on any atom is -0.465 e. The maximum absolute atomic E-state index is 14.3. The molecule has 1 N–H and O–H groups in total. The van der Waals surface area contributed by atoms with E-state index < -0.39 is 28.6 Å². The van der Waals surface area contributed by atoms with Crippen LogP contribution in [-0.4, -0.2) is 75.0 Å². The average Bonchev–Trinajstić information content (AvgIpc) is 3.44. The van der Waals surface area contributed by atoms with Crippen LogP contribution >= 0.6 is 39.3 Å². The molecule has 3 heterocycles. The molecule has 3 aliphatic heterocycles. The first-order chi connectivity index (χ1) is 17.3. The van der Waals surface area contributed by atoms with Gasteiger partial charge in [0.25, 0.3) is 5.91 Å². The molecule has 3 aliphatic rings. The second kappa shape index (κ2) is 11.3. The number of rotatable bonds is 11. The van der Waals surface area contributed by atoms with Crippen molar-refractivity contribution in [1.29, 1.82) is 0 Å². The number of ether oxygens (including phenoxy) is 1. The zero-order valence-electron chi connectivity index (χ0n) is 19.9. The van der Waals surface area contributed by atoms with Crippen LogP contribution in [0.5, 0.6) is 0 Å². The van der Waals surface area contributed by atoms with E-state index in [1.54, 1.807) is 36.4 Å². The summed E-state index contributed by atoms with van der Waals surface area (Å²) in [6.07, 6.45) is 5.31. The van der Waals surface area contributed by atoms with Gasteiger partial charge < -0.3 is 19.6 Å². The number of para-hydroxylation sites is 1. The number of likely N-dealkylation sites (tertiary alicyclic amines) is 1. The monoisotopic (exact) mass is 596 g/mol. The van der Waals surface area contributed by atoms with Crippen LogP contribution < -0.4 is 4.90 Å². The number of carbonyl (C=O) groups is 3. The van der Waals surface area contributed by atoms with Gasteiger partial charge in [0, 0.05) is 23.2 Å². The molecule has 36 heavy (non-hydrogen) atoms. The Kier molecular flexibility index (Phi) is 8.54. The van der Waals surface area contributed by atoms with E-state index in [0.29, 0.717) is 23.6 Å². The van der Waals surface area contributed by atoms with Crippen LogP contribution in [0.2, 0.25) is 5.02 Å². The second-order valence-electron chi connectivity index (χ2n) is 9.21. The number of thioether (sulfide) groups is 1. The number of anilines is 1. The van der Waals surface area contributed by atoms with Crippen LogP contribution in [-0.2, 0) is 19.1 Å². The zero-order chi connectivity index (χ0) is 26.0. The van der Waals surface area contributed by atoms with Crippen LogP contribution in [0.25, 0.3) is 0 Å². The summed E-state index contributed by atoms with van der Waals surface area (Å²) in [6, 6.07) is 6.16. The molecule has 3 saturated heterocycles. The Morgan fingerprint density at radius 2 is 2.08 bits per heavy atom. The Morgan fingerprint density at radius 3 is 2.75 bits per heavy atom. The van der Waals surface area contributed by atoms with Gasteiger partial charge in [-0.3, -0.25) is 14.4 Å². The van der Waals surface area contributed by atoms with Crippen molar-refractivity contribution in [3.05, 3.63) is 54.6 Å². The number of hydrogen-bond acceptors (Lipinski definition) is 6. The van der Waals surface area contributed by atoms with E-state index in [4.69, 9.17) is 16.3 Å². The number of benzene rings is 1. The number of unbranched alkanes of at least 4 members (excludes halogenated alkanes) is 1. The smallest absolute Gasteiger partial charge is 0.310 e. The number of hydrogen-bond donors (Lipinski definition) is 1. The molecule has 4 rings (SSSR count). The summed E-state index contributed by atoms with van der Waals surface area (Å²) in [5.41, 5.74) is 0.520. The van der Waals surface area contributed by atoms with E-state index in [0.717, 1.165) is 6.42 Å². The van der Waals surface area contributed by atoms with Gasteiger partial charge in [-0.1, -0.05) is 51.8 Å². The van der Waals surface area contributed by atoms with Crippen molar-refractivity contribution in [2.24, 2.45) is 11.8 Å². The number of fused-ring (bicyclic) bond motifs is 1. The largest absolute Gasteiger partial charge is 0.465 e. The maximum Gasteiger partial charge on any atom is 0.310 e. The number of halogens is 2. The molecule has 0 radical (unpaired) electrons. The zero-order valence-corrected chi connectivity index (χ0v) is 23.0. The lowest BCUT2D eigenvalue weighted by Gasteiger charge is -2.37. The number of allylic oxidation sites excluding steroid dienone is 1. The van der Waals surface area contributed by atoms with Crippen LogP contribution in [0.3, 0.4) is 0 Å². The molecule has 3 unspecified atom stereocenters. The fourth-order valence-electron chi connectivity index (χ4n) is 5.78. The van der Waals surface area contributed by atoms with Crippen LogP contribution in [0.15, 0.2) is 49.6 Å². The van der Waals surface area contributed by atoms with Gasteiger partial charge >= 0.3 is 5.97 Å². The van der Waals surface area contributed by atoms with Gasteiger partial charge in [-0.05, 0) is 31.4 Å². The molecule has 2 amide bonds. The van der Waals surface area contributed by atoms with Crippen molar-refractivity contribution in [3.8, 4) is 0 Å². The Balaban J connectivity index is 1.72. The van der Waals surface area contributed by atoms with E-state index in [9.17, 15) is 19.5 Å². The summed E-state index contributed by atoms with van der Waals surface area (Å²) in [5, 5.41) is 10.0. The maximum atomic E-state index is 14.3. The third-order valence-electron chi connectivity index (χ3n) is 7.15. The van der Waals surface area contributed by atoms with Gasteiger partial charge in [0.05, 0.1) is 40.5 Å². The third-order valence-corrected chi connectivity index (χ3v) is 10.7. The highest BCUT2D eigenvalue weighted by atomic mass is 79.9. The summed E-state index contributed by atoms with van der Waals surface area (Å²) in [5.74, 6) is -2.38. The van der Waals surface area contributed by atoms with E-state index in [-0.39, 0.29) is 48.2 Å². The van der Waals surface area contributed by atoms with Crippen molar-refractivity contribution >= 4 is 62.8 Å². The second-order valence-corrected chi connectivity index (χ2v) is 12.3. The number of aliphatic hydroxyl groups is 1. The molecule has 0 aromatic heterocycles. The number of amides is 2. The molecule has 194 valence electrons. The van der Waals surface area contributed by atoms with Crippen molar-refractivity contribution < 1.29 is 24.2 Å². The van der Waals surface area contributed by atoms with Crippen molar-refractivity contribution in [3.63, 3.8) is 0 Å². The molecule has 10 heteroatoms. The van der Waals surface area contributed by atoms with Gasteiger partial charge in [-0.15, -0.1) is 24.9 Å². The molecular formula is C26H30BrClN2O5S. The van der Waals surface area contributed by atoms with Crippen LogP contribution in [0.4, 0.5) is 5.69 Å². The molecule has 1 aromatic rings. The normalized spacial score (nSPS) is 30.2. The highest BCUT2D eigenvalue weighted by molar-refractivity contribution is 9.09. The standard InChI is InChI=1S/C26H30BrClN2O5S/c1-3-5-8-14-35-25(34)19-20-23(32)30(12-13-31)22(26(20)15-16(27)21(19)36-26)24(33)29(11-4-2)18-10-7-6-9-17(18)28/h3-4,6-7,9-10,16,19-22,31H,1-2,5,8,11-15H2/t16?,19-,20+,21-,22?,26?/m1/s1. The molecular weight excluding hydrogens is 568 g/mol. The minimum atomic E-state index is -0.869. The fraction of sp³-hybridized carbons (Fsp3) is 0.500. The van der Waals surface area contributed by atoms with Crippen LogP contribution in [0.1, 0.15) is 19.3 Å². The molecule has 1 aromatic carbocycles. The topological polar surface area (TPSA) is 87.2 Å². The summed E-state index contributed by atoms with van der Waals surface area (Å²) in [6.45, 7) is 7.63. The minimum absolute atomic E-state index is 0.00276. The van der Waals surface area contributed by atoms with E-state index >= 15 is 0 Å². The molecule has 7 nitrogen and oxygen atoms in total. The first-order valence-electron chi connectivity index (χ1n) is 12.0. The van der Waals surface area contributed by atoms with Crippen LogP contribution in [0, 0.1) is 11.8 Å². The lowest BCUT2D eigenvalue weighted by atomic mass is 9.71.